The minimum atomic E-state index is -0.895. The van der Waals surface area contributed by atoms with Crippen LogP contribution in [0.4, 0.5) is 0 Å². The van der Waals surface area contributed by atoms with Gasteiger partial charge in [0.05, 0.1) is 5.92 Å². The summed E-state index contributed by atoms with van der Waals surface area (Å²) in [6, 6.07) is 19.0. The summed E-state index contributed by atoms with van der Waals surface area (Å²) in [6.07, 6.45) is 1.11. The van der Waals surface area contributed by atoms with Gasteiger partial charge in [-0.1, -0.05) is 60.7 Å². The van der Waals surface area contributed by atoms with E-state index in [1.165, 1.54) is 0 Å². The Morgan fingerprint density at radius 3 is 1.65 bits per heavy atom. The molecular formula is C19H21NO3. The van der Waals surface area contributed by atoms with E-state index in [0.717, 1.165) is 11.1 Å². The third-order valence-corrected chi connectivity index (χ3v) is 3.97. The molecule has 2 rings (SSSR count). The van der Waals surface area contributed by atoms with Crippen LogP contribution in [-0.4, -0.2) is 17.0 Å². The monoisotopic (exact) mass is 311 g/mol. The van der Waals surface area contributed by atoms with E-state index in [0.29, 0.717) is 12.8 Å². The number of benzene rings is 2. The number of carboxylic acid groups (broad SMARTS) is 1. The van der Waals surface area contributed by atoms with E-state index >= 15 is 0 Å². The van der Waals surface area contributed by atoms with Gasteiger partial charge in [-0.3, -0.25) is 9.59 Å². The lowest BCUT2D eigenvalue weighted by atomic mass is 9.85. The molecule has 0 bridgehead atoms. The summed E-state index contributed by atoms with van der Waals surface area (Å²) >= 11 is 0. The molecule has 23 heavy (non-hydrogen) atoms. The van der Waals surface area contributed by atoms with Gasteiger partial charge in [-0.2, -0.15) is 0 Å². The molecule has 0 saturated heterocycles. The van der Waals surface area contributed by atoms with E-state index in [2.05, 4.69) is 0 Å². The second kappa shape index (κ2) is 8.13. The van der Waals surface area contributed by atoms with Crippen molar-refractivity contribution in [3.05, 3.63) is 71.8 Å². The van der Waals surface area contributed by atoms with E-state index in [-0.39, 0.29) is 6.42 Å². The van der Waals surface area contributed by atoms with Gasteiger partial charge in [0.1, 0.15) is 0 Å². The Balaban J connectivity index is 2.08. The summed E-state index contributed by atoms with van der Waals surface area (Å²) in [4.78, 5) is 23.3. The second-order valence-electron chi connectivity index (χ2n) is 5.75. The minimum absolute atomic E-state index is 0.244. The number of hydrogen-bond donors (Lipinski definition) is 2. The zero-order valence-electron chi connectivity index (χ0n) is 12.9. The third-order valence-electron chi connectivity index (χ3n) is 3.97. The molecular weight excluding hydrogens is 290 g/mol. The lowest BCUT2D eigenvalue weighted by Crippen LogP contribution is -2.30. The maximum Gasteiger partial charge on any atom is 0.306 e. The van der Waals surface area contributed by atoms with Gasteiger partial charge >= 0.3 is 5.97 Å². The van der Waals surface area contributed by atoms with E-state index in [4.69, 9.17) is 5.73 Å². The van der Waals surface area contributed by atoms with Crippen molar-refractivity contribution in [3.63, 3.8) is 0 Å². The summed E-state index contributed by atoms with van der Waals surface area (Å²) in [5.74, 6) is -2.46. The fourth-order valence-corrected chi connectivity index (χ4v) is 2.71. The number of aliphatic carboxylic acids is 1. The highest BCUT2D eigenvalue weighted by Crippen LogP contribution is 2.21. The van der Waals surface area contributed by atoms with Crippen molar-refractivity contribution in [1.29, 1.82) is 0 Å². The number of hydrogen-bond acceptors (Lipinski definition) is 2. The maximum atomic E-state index is 11.7. The van der Waals surface area contributed by atoms with E-state index in [9.17, 15) is 14.7 Å². The molecule has 0 heterocycles. The van der Waals surface area contributed by atoms with Gasteiger partial charge in [0.25, 0.3) is 0 Å². The maximum absolute atomic E-state index is 11.7. The minimum Gasteiger partial charge on any atom is -0.481 e. The average Bonchev–Trinajstić information content (AvgIpc) is 2.55. The van der Waals surface area contributed by atoms with Gasteiger partial charge in [-0.15, -0.1) is 0 Å². The molecule has 0 aromatic heterocycles. The van der Waals surface area contributed by atoms with Crippen molar-refractivity contribution in [2.75, 3.05) is 0 Å². The normalized spacial score (nSPS) is 13.2. The Hall–Kier alpha value is -2.62. The number of carbonyl (C=O) groups is 2. The van der Waals surface area contributed by atoms with Crippen LogP contribution in [0.5, 0.6) is 0 Å². The number of amides is 1. The molecule has 120 valence electrons. The van der Waals surface area contributed by atoms with E-state index in [1.807, 2.05) is 60.7 Å². The first-order chi connectivity index (χ1) is 11.1. The Kier molecular flexibility index (Phi) is 5.92. The van der Waals surface area contributed by atoms with Gasteiger partial charge in [-0.25, -0.2) is 0 Å². The number of primary amides is 1. The highest BCUT2D eigenvalue weighted by atomic mass is 16.4. The van der Waals surface area contributed by atoms with Gasteiger partial charge in [0.15, 0.2) is 0 Å². The Labute approximate surface area is 136 Å². The zero-order chi connectivity index (χ0) is 16.7. The summed E-state index contributed by atoms with van der Waals surface area (Å²) in [7, 11) is 0. The molecule has 0 aliphatic carbocycles. The Bertz CT molecular complexity index is 583. The molecule has 0 fully saturated rings. The van der Waals surface area contributed by atoms with Crippen LogP contribution >= 0.6 is 0 Å². The van der Waals surface area contributed by atoms with Crippen LogP contribution in [0.15, 0.2) is 60.7 Å². The second-order valence-corrected chi connectivity index (χ2v) is 5.75. The lowest BCUT2D eigenvalue weighted by molar-refractivity contribution is -0.142. The Morgan fingerprint density at radius 1 is 0.826 bits per heavy atom. The summed E-state index contributed by atoms with van der Waals surface area (Å²) in [5, 5.41) is 9.48. The molecule has 0 aliphatic rings. The molecule has 2 atom stereocenters. The highest BCUT2D eigenvalue weighted by Gasteiger charge is 2.26. The molecule has 3 N–H and O–H groups in total. The molecule has 0 saturated carbocycles. The van der Waals surface area contributed by atoms with Crippen molar-refractivity contribution >= 4 is 11.9 Å². The first-order valence-electron chi connectivity index (χ1n) is 7.66. The number of carbonyl (C=O) groups excluding carboxylic acids is 1. The molecule has 1 amide bonds. The van der Waals surface area contributed by atoms with Crippen LogP contribution < -0.4 is 5.73 Å². The summed E-state index contributed by atoms with van der Waals surface area (Å²) < 4.78 is 0. The van der Waals surface area contributed by atoms with E-state index in [1.54, 1.807) is 0 Å². The highest BCUT2D eigenvalue weighted by molar-refractivity contribution is 5.78. The standard InChI is InChI=1S/C19H21NO3/c20-18(21)16(11-14-7-3-1-4-8-14)13-17(19(22)23)12-15-9-5-2-6-10-15/h1-10,16-17H,11-13H2,(H2,20,21)(H,22,23)/t16-,17-/m0/s1. The van der Waals surface area contributed by atoms with Crippen LogP contribution in [0.25, 0.3) is 0 Å². The van der Waals surface area contributed by atoms with Crippen molar-refractivity contribution in [2.24, 2.45) is 17.6 Å². The molecule has 0 spiro atoms. The van der Waals surface area contributed by atoms with Crippen LogP contribution in [0.2, 0.25) is 0 Å². The van der Waals surface area contributed by atoms with Crippen molar-refractivity contribution in [1.82, 2.24) is 0 Å². The van der Waals surface area contributed by atoms with Crippen molar-refractivity contribution in [2.45, 2.75) is 19.3 Å². The van der Waals surface area contributed by atoms with Crippen LogP contribution in [0.1, 0.15) is 17.5 Å². The molecule has 2 aromatic carbocycles. The fraction of sp³-hybridized carbons (Fsp3) is 0.263. The average molecular weight is 311 g/mol. The predicted octanol–water partition coefficient (Wildman–Crippen LogP) is 2.66. The smallest absolute Gasteiger partial charge is 0.306 e. The van der Waals surface area contributed by atoms with Crippen LogP contribution in [0, 0.1) is 11.8 Å². The van der Waals surface area contributed by atoms with Gasteiger partial charge in [0, 0.05) is 5.92 Å². The van der Waals surface area contributed by atoms with Gasteiger partial charge in [-0.05, 0) is 30.4 Å². The fourth-order valence-electron chi connectivity index (χ4n) is 2.71. The molecule has 0 radical (unpaired) electrons. The van der Waals surface area contributed by atoms with Crippen LogP contribution in [-0.2, 0) is 22.4 Å². The Morgan fingerprint density at radius 2 is 1.26 bits per heavy atom. The first-order valence-corrected chi connectivity index (χ1v) is 7.66. The van der Waals surface area contributed by atoms with Crippen molar-refractivity contribution < 1.29 is 14.7 Å². The van der Waals surface area contributed by atoms with E-state index < -0.39 is 23.7 Å². The molecule has 4 heteroatoms. The molecule has 0 aliphatic heterocycles. The SMILES string of the molecule is NC(=O)[C@@H](Cc1ccccc1)C[C@H](Cc1ccccc1)C(=O)O. The largest absolute Gasteiger partial charge is 0.481 e. The number of carboxylic acids is 1. The topological polar surface area (TPSA) is 80.4 Å². The summed E-state index contributed by atoms with van der Waals surface area (Å²) in [6.45, 7) is 0. The predicted molar refractivity (Wildman–Crippen MR) is 88.7 cm³/mol. The van der Waals surface area contributed by atoms with Crippen LogP contribution in [0.3, 0.4) is 0 Å². The lowest BCUT2D eigenvalue weighted by Gasteiger charge is -2.19. The number of rotatable bonds is 8. The quantitative estimate of drug-likeness (QED) is 0.786. The van der Waals surface area contributed by atoms with Crippen molar-refractivity contribution in [3.8, 4) is 0 Å². The van der Waals surface area contributed by atoms with Gasteiger partial charge in [0.2, 0.25) is 5.91 Å². The molecule has 2 aromatic rings. The molecule has 4 nitrogen and oxygen atoms in total. The third kappa shape index (κ3) is 5.25. The first kappa shape index (κ1) is 16.7. The number of nitrogens with two attached hydrogens (primary N) is 1. The van der Waals surface area contributed by atoms with Gasteiger partial charge < -0.3 is 10.8 Å². The summed E-state index contributed by atoms with van der Waals surface area (Å²) in [5.41, 5.74) is 7.43. The molecule has 0 unspecified atom stereocenters. The zero-order valence-corrected chi connectivity index (χ0v) is 12.9.